The zero-order valence-electron chi connectivity index (χ0n) is 18.4. The largest absolute Gasteiger partial charge is 0.497 e. The second-order valence-corrected chi connectivity index (χ2v) is 6.67. The van der Waals surface area contributed by atoms with Crippen molar-refractivity contribution in [1.82, 2.24) is 10.1 Å². The number of esters is 1. The van der Waals surface area contributed by atoms with E-state index in [-0.39, 0.29) is 12.5 Å². The Kier molecular flexibility index (Phi) is 8.25. The van der Waals surface area contributed by atoms with Gasteiger partial charge in [-0.1, -0.05) is 18.1 Å². The first-order valence-electron chi connectivity index (χ1n) is 10.3. The Morgan fingerprint density at radius 2 is 1.88 bits per heavy atom. The molecule has 3 aromatic rings. The van der Waals surface area contributed by atoms with E-state index in [9.17, 15) is 4.79 Å². The lowest BCUT2D eigenvalue weighted by molar-refractivity contribution is -0.139. The van der Waals surface area contributed by atoms with Crippen molar-refractivity contribution in [1.29, 1.82) is 0 Å². The van der Waals surface area contributed by atoms with Crippen molar-refractivity contribution < 1.29 is 28.3 Å². The summed E-state index contributed by atoms with van der Waals surface area (Å²) in [5, 5.41) is 3.91. The lowest BCUT2D eigenvalue weighted by Crippen LogP contribution is -2.01. The summed E-state index contributed by atoms with van der Waals surface area (Å²) in [5.74, 6) is 2.12. The van der Waals surface area contributed by atoms with Crippen LogP contribution >= 0.6 is 0 Å². The minimum Gasteiger partial charge on any atom is -0.497 e. The van der Waals surface area contributed by atoms with Gasteiger partial charge in [0.05, 0.1) is 20.3 Å². The van der Waals surface area contributed by atoms with Crippen LogP contribution in [0.5, 0.6) is 17.2 Å². The molecule has 0 radical (unpaired) electrons. The summed E-state index contributed by atoms with van der Waals surface area (Å²) in [6.45, 7) is 4.94. The number of aromatic nitrogens is 2. The Labute approximate surface area is 186 Å². The van der Waals surface area contributed by atoms with Gasteiger partial charge in [0, 0.05) is 11.6 Å². The predicted octanol–water partition coefficient (Wildman–Crippen LogP) is 4.69. The minimum atomic E-state index is -0.529. The summed E-state index contributed by atoms with van der Waals surface area (Å²) in [4.78, 5) is 16.3. The number of carbonyl (C=O) groups is 1. The first kappa shape index (κ1) is 22.9. The van der Waals surface area contributed by atoms with Gasteiger partial charge in [-0.15, -0.1) is 0 Å². The Morgan fingerprint density at radius 3 is 2.59 bits per heavy atom. The number of rotatable bonds is 11. The molecule has 8 nitrogen and oxygen atoms in total. The van der Waals surface area contributed by atoms with Crippen LogP contribution in [0.1, 0.15) is 31.7 Å². The molecule has 0 amide bonds. The molecule has 0 saturated carbocycles. The van der Waals surface area contributed by atoms with Gasteiger partial charge in [-0.2, -0.15) is 4.98 Å². The fourth-order valence-electron chi connectivity index (χ4n) is 2.74. The maximum Gasteiger partial charge on any atom is 0.331 e. The van der Waals surface area contributed by atoms with E-state index in [1.165, 1.54) is 6.08 Å². The average Bonchev–Trinajstić information content (AvgIpc) is 3.30. The van der Waals surface area contributed by atoms with Crippen LogP contribution in [0, 0.1) is 0 Å². The second-order valence-electron chi connectivity index (χ2n) is 6.67. The van der Waals surface area contributed by atoms with Crippen molar-refractivity contribution in [3.05, 3.63) is 60.0 Å². The number of methoxy groups -OCH3 is 1. The molecule has 1 heterocycles. The Morgan fingerprint density at radius 1 is 1.06 bits per heavy atom. The smallest absolute Gasteiger partial charge is 0.331 e. The lowest BCUT2D eigenvalue weighted by Gasteiger charge is -2.11. The van der Waals surface area contributed by atoms with Gasteiger partial charge in [-0.25, -0.2) is 4.79 Å². The molecule has 3 rings (SSSR count). The van der Waals surface area contributed by atoms with Gasteiger partial charge in [0.1, 0.15) is 5.75 Å². The topological polar surface area (TPSA) is 92.9 Å². The summed E-state index contributed by atoms with van der Waals surface area (Å²) in [6, 6.07) is 12.7. The zero-order valence-corrected chi connectivity index (χ0v) is 18.4. The summed E-state index contributed by atoms with van der Waals surface area (Å²) in [6.07, 6.45) is 3.88. The van der Waals surface area contributed by atoms with Gasteiger partial charge in [-0.05, 0) is 61.4 Å². The van der Waals surface area contributed by atoms with Crippen molar-refractivity contribution in [3.8, 4) is 28.6 Å². The van der Waals surface area contributed by atoms with Gasteiger partial charge in [0.2, 0.25) is 5.82 Å². The van der Waals surface area contributed by atoms with Crippen LogP contribution in [0.4, 0.5) is 0 Å². The maximum atomic E-state index is 12.1. The van der Waals surface area contributed by atoms with E-state index < -0.39 is 5.97 Å². The molecule has 0 atom stereocenters. The zero-order chi connectivity index (χ0) is 22.8. The third kappa shape index (κ3) is 6.34. The van der Waals surface area contributed by atoms with Gasteiger partial charge in [0.15, 0.2) is 18.1 Å². The summed E-state index contributed by atoms with van der Waals surface area (Å²) >= 11 is 0. The molecule has 0 saturated heterocycles. The molecule has 0 spiro atoms. The summed E-state index contributed by atoms with van der Waals surface area (Å²) < 4.78 is 26.8. The van der Waals surface area contributed by atoms with Crippen LogP contribution < -0.4 is 14.2 Å². The minimum absolute atomic E-state index is 0.125. The summed E-state index contributed by atoms with van der Waals surface area (Å²) in [5.41, 5.74) is 1.55. The molecule has 0 aliphatic heterocycles. The van der Waals surface area contributed by atoms with Crippen LogP contribution in [0.25, 0.3) is 17.5 Å². The number of carbonyl (C=O) groups excluding carboxylic acids is 1. The highest BCUT2D eigenvalue weighted by atomic mass is 16.6. The number of ether oxygens (including phenoxy) is 4. The highest BCUT2D eigenvalue weighted by molar-refractivity contribution is 5.87. The molecule has 0 unspecified atom stereocenters. The normalized spacial score (nSPS) is 10.8. The molecule has 168 valence electrons. The molecule has 1 aromatic heterocycles. The fraction of sp³-hybridized carbons (Fsp3) is 0.292. The number of nitrogens with zero attached hydrogens (tertiary/aromatic N) is 2. The van der Waals surface area contributed by atoms with Crippen molar-refractivity contribution in [2.75, 3.05) is 20.3 Å². The monoisotopic (exact) mass is 438 g/mol. The lowest BCUT2D eigenvalue weighted by atomic mass is 10.2. The molecule has 0 bridgehead atoms. The number of hydrogen-bond acceptors (Lipinski definition) is 8. The van der Waals surface area contributed by atoms with Gasteiger partial charge in [0.25, 0.3) is 5.89 Å². The molecule has 2 aromatic carbocycles. The van der Waals surface area contributed by atoms with Crippen molar-refractivity contribution >= 4 is 12.0 Å². The summed E-state index contributed by atoms with van der Waals surface area (Å²) in [7, 11) is 1.60. The SMILES string of the molecule is CCCOc1ccc(/C=C/C(=O)OCc2nc(-c3ccc(OC)cc3)no2)cc1OCC. The van der Waals surface area contributed by atoms with Crippen LogP contribution in [-0.4, -0.2) is 36.4 Å². The van der Waals surface area contributed by atoms with E-state index in [2.05, 4.69) is 10.1 Å². The third-order valence-corrected chi connectivity index (χ3v) is 4.30. The molecule has 0 aliphatic rings. The first-order valence-corrected chi connectivity index (χ1v) is 10.3. The van der Waals surface area contributed by atoms with E-state index in [1.807, 2.05) is 44.2 Å². The third-order valence-electron chi connectivity index (χ3n) is 4.30. The molecular formula is C24H26N2O6. The quantitative estimate of drug-likeness (QED) is 0.314. The van der Waals surface area contributed by atoms with Crippen LogP contribution in [0.3, 0.4) is 0 Å². The van der Waals surface area contributed by atoms with E-state index in [4.69, 9.17) is 23.5 Å². The van der Waals surface area contributed by atoms with E-state index in [1.54, 1.807) is 25.3 Å². The first-order chi connectivity index (χ1) is 15.6. The van der Waals surface area contributed by atoms with Crippen molar-refractivity contribution in [2.45, 2.75) is 26.9 Å². The van der Waals surface area contributed by atoms with Crippen LogP contribution in [-0.2, 0) is 16.1 Å². The van der Waals surface area contributed by atoms with Crippen LogP contribution in [0.15, 0.2) is 53.1 Å². The van der Waals surface area contributed by atoms with Gasteiger partial charge < -0.3 is 23.5 Å². The molecular weight excluding hydrogens is 412 g/mol. The number of hydrogen-bond donors (Lipinski definition) is 0. The Balaban J connectivity index is 1.56. The molecule has 32 heavy (non-hydrogen) atoms. The van der Waals surface area contributed by atoms with Crippen molar-refractivity contribution in [2.24, 2.45) is 0 Å². The average molecular weight is 438 g/mol. The van der Waals surface area contributed by atoms with Gasteiger partial charge in [-0.3, -0.25) is 0 Å². The fourth-order valence-corrected chi connectivity index (χ4v) is 2.74. The highest BCUT2D eigenvalue weighted by Crippen LogP contribution is 2.29. The Hall–Kier alpha value is -3.81. The van der Waals surface area contributed by atoms with Crippen molar-refractivity contribution in [3.63, 3.8) is 0 Å². The standard InChI is InChI=1S/C24H26N2O6/c1-4-14-30-20-12-6-17(15-21(20)29-5-2)7-13-23(27)31-16-22-25-24(26-32-22)18-8-10-19(28-3)11-9-18/h6-13,15H,4-5,14,16H2,1-3H3/b13-7+. The molecule has 0 fully saturated rings. The molecule has 0 N–H and O–H groups in total. The van der Waals surface area contributed by atoms with E-state index in [0.29, 0.717) is 30.5 Å². The van der Waals surface area contributed by atoms with Gasteiger partial charge >= 0.3 is 5.97 Å². The predicted molar refractivity (Wildman–Crippen MR) is 119 cm³/mol. The molecule has 8 heteroatoms. The second kappa shape index (κ2) is 11.5. The molecule has 0 aliphatic carbocycles. The van der Waals surface area contributed by atoms with E-state index in [0.717, 1.165) is 23.3 Å². The highest BCUT2D eigenvalue weighted by Gasteiger charge is 2.11. The van der Waals surface area contributed by atoms with E-state index >= 15 is 0 Å². The van der Waals surface area contributed by atoms with Crippen LogP contribution in [0.2, 0.25) is 0 Å². The maximum absolute atomic E-state index is 12.1. The number of benzene rings is 2. The Bertz CT molecular complexity index is 1040.